The normalized spacial score (nSPS) is 13.7. The van der Waals surface area contributed by atoms with Crippen LogP contribution in [0.25, 0.3) is 0 Å². The topological polar surface area (TPSA) is 35.2 Å². The predicted octanol–water partition coefficient (Wildman–Crippen LogP) is 1.01. The molecule has 0 aromatic heterocycles. The molecule has 2 N–H and O–H groups in total. The first-order valence-electron chi connectivity index (χ1n) is 3.50. The van der Waals surface area contributed by atoms with E-state index in [9.17, 15) is 0 Å². The molecule has 0 rings (SSSR count). The molecule has 0 unspecified atom stereocenters. The summed E-state index contributed by atoms with van der Waals surface area (Å²) in [7, 11) is 1.74. The third-order valence-electron chi connectivity index (χ3n) is 1.35. The van der Waals surface area contributed by atoms with Gasteiger partial charge in [0.05, 0.1) is 0 Å². The lowest BCUT2D eigenvalue weighted by Gasteiger charge is -2.07. The average molecular weight is 131 g/mol. The summed E-state index contributed by atoms with van der Waals surface area (Å²) >= 11 is 0. The van der Waals surface area contributed by atoms with Crippen LogP contribution in [0.4, 0.5) is 0 Å². The van der Waals surface area contributed by atoms with Gasteiger partial charge in [-0.3, -0.25) is 0 Å². The lowest BCUT2D eigenvalue weighted by molar-refractivity contribution is 0.155. The van der Waals surface area contributed by atoms with E-state index in [1.165, 1.54) is 6.42 Å². The first-order chi connectivity index (χ1) is 4.31. The molecule has 0 radical (unpaired) electrons. The molecule has 0 saturated heterocycles. The maximum absolute atomic E-state index is 5.33. The molecule has 56 valence electrons. The summed E-state index contributed by atoms with van der Waals surface area (Å²) in [6.07, 6.45) is 2.30. The summed E-state index contributed by atoms with van der Waals surface area (Å²) in [4.78, 5) is 0. The fourth-order valence-corrected chi connectivity index (χ4v) is 0.834. The smallest absolute Gasteiger partial charge is 0.0487 e. The Morgan fingerprint density at radius 1 is 1.56 bits per heavy atom. The Kier molecular flexibility index (Phi) is 5.99. The highest BCUT2D eigenvalue weighted by molar-refractivity contribution is 4.50. The van der Waals surface area contributed by atoms with Gasteiger partial charge in [0, 0.05) is 13.7 Å². The van der Waals surface area contributed by atoms with Gasteiger partial charge in [0.25, 0.3) is 0 Å². The van der Waals surface area contributed by atoms with Crippen molar-refractivity contribution < 1.29 is 4.74 Å². The maximum atomic E-state index is 5.33. The van der Waals surface area contributed by atoms with Crippen LogP contribution in [0.3, 0.4) is 0 Å². The van der Waals surface area contributed by atoms with Gasteiger partial charge in [0.15, 0.2) is 0 Å². The van der Waals surface area contributed by atoms with Crippen molar-refractivity contribution in [1.82, 2.24) is 0 Å². The van der Waals surface area contributed by atoms with Crippen LogP contribution in [0, 0.1) is 5.92 Å². The van der Waals surface area contributed by atoms with E-state index in [0.717, 1.165) is 19.6 Å². The highest BCUT2D eigenvalue weighted by Crippen LogP contribution is 2.03. The van der Waals surface area contributed by atoms with Crippen molar-refractivity contribution in [2.75, 3.05) is 20.3 Å². The second-order valence-electron chi connectivity index (χ2n) is 2.49. The minimum Gasteiger partial charge on any atom is -0.384 e. The molecule has 0 spiro atoms. The summed E-state index contributed by atoms with van der Waals surface area (Å²) in [5.74, 6) is 0.665. The molecule has 2 nitrogen and oxygen atoms in total. The number of rotatable bonds is 5. The summed E-state index contributed by atoms with van der Waals surface area (Å²) in [6, 6.07) is 0. The third-order valence-corrected chi connectivity index (χ3v) is 1.35. The van der Waals surface area contributed by atoms with Crippen LogP contribution in [0.15, 0.2) is 0 Å². The zero-order valence-electron chi connectivity index (χ0n) is 6.39. The monoisotopic (exact) mass is 131 g/mol. The first kappa shape index (κ1) is 8.92. The fourth-order valence-electron chi connectivity index (χ4n) is 0.834. The van der Waals surface area contributed by atoms with E-state index in [1.807, 2.05) is 0 Å². The van der Waals surface area contributed by atoms with Gasteiger partial charge in [0.1, 0.15) is 0 Å². The summed E-state index contributed by atoms with van der Waals surface area (Å²) < 4.78 is 4.96. The van der Waals surface area contributed by atoms with Crippen molar-refractivity contribution in [3.8, 4) is 0 Å². The second kappa shape index (κ2) is 6.05. The summed E-state index contributed by atoms with van der Waals surface area (Å²) in [6.45, 7) is 3.84. The maximum Gasteiger partial charge on any atom is 0.0487 e. The molecule has 0 bridgehead atoms. The van der Waals surface area contributed by atoms with Crippen LogP contribution in [0.5, 0.6) is 0 Å². The molecular weight excluding hydrogens is 114 g/mol. The van der Waals surface area contributed by atoms with E-state index >= 15 is 0 Å². The Bertz CT molecular complexity index is 56.9. The fraction of sp³-hybridized carbons (Fsp3) is 1.00. The molecule has 0 aliphatic heterocycles. The highest BCUT2D eigenvalue weighted by Gasteiger charge is 1.98. The molecule has 0 amide bonds. The molecule has 0 aromatic carbocycles. The average Bonchev–Trinajstić information content (AvgIpc) is 1.85. The third kappa shape index (κ3) is 5.80. The Morgan fingerprint density at radius 3 is 2.67 bits per heavy atom. The molecule has 0 heterocycles. The van der Waals surface area contributed by atoms with E-state index in [1.54, 1.807) is 7.11 Å². The second-order valence-corrected chi connectivity index (χ2v) is 2.49. The van der Waals surface area contributed by atoms with Gasteiger partial charge in [-0.15, -0.1) is 0 Å². The van der Waals surface area contributed by atoms with E-state index < -0.39 is 0 Å². The lowest BCUT2D eigenvalue weighted by Crippen LogP contribution is -2.07. The summed E-state index contributed by atoms with van der Waals surface area (Å²) in [5.41, 5.74) is 5.33. The summed E-state index contributed by atoms with van der Waals surface area (Å²) in [5, 5.41) is 0. The molecule has 0 aromatic rings. The van der Waals surface area contributed by atoms with E-state index in [0.29, 0.717) is 5.92 Å². The number of hydrogen-bond donors (Lipinski definition) is 1. The number of nitrogens with two attached hydrogens (primary N) is 1. The Hall–Kier alpha value is -0.0800. The molecular formula is C7H17NO. The molecule has 2 heteroatoms. The van der Waals surface area contributed by atoms with E-state index in [-0.39, 0.29) is 0 Å². The first-order valence-corrected chi connectivity index (χ1v) is 3.50. The molecule has 0 fully saturated rings. The molecule has 0 aliphatic rings. The zero-order valence-corrected chi connectivity index (χ0v) is 6.39. The van der Waals surface area contributed by atoms with Crippen molar-refractivity contribution in [1.29, 1.82) is 0 Å². The molecule has 0 aliphatic carbocycles. The van der Waals surface area contributed by atoms with E-state index in [2.05, 4.69) is 6.92 Å². The van der Waals surface area contributed by atoms with Gasteiger partial charge in [0.2, 0.25) is 0 Å². The van der Waals surface area contributed by atoms with Crippen LogP contribution in [0.2, 0.25) is 0 Å². The number of hydrogen-bond acceptors (Lipinski definition) is 2. The number of ether oxygens (including phenoxy) is 1. The quantitative estimate of drug-likeness (QED) is 0.604. The lowest BCUT2D eigenvalue weighted by atomic mass is 10.1. The number of methoxy groups -OCH3 is 1. The molecule has 0 saturated carbocycles. The standard InChI is InChI=1S/C7H17NO/c1-7(6-9-2)4-3-5-8/h7H,3-6,8H2,1-2H3/t7-/m0/s1. The SMILES string of the molecule is COC[C@@H](C)CCCN. The van der Waals surface area contributed by atoms with Gasteiger partial charge in [-0.05, 0) is 25.3 Å². The van der Waals surface area contributed by atoms with E-state index in [4.69, 9.17) is 10.5 Å². The Balaban J connectivity index is 2.95. The van der Waals surface area contributed by atoms with Crippen LogP contribution in [-0.2, 0) is 4.74 Å². The van der Waals surface area contributed by atoms with Crippen molar-refractivity contribution in [3.63, 3.8) is 0 Å². The van der Waals surface area contributed by atoms with Gasteiger partial charge in [-0.1, -0.05) is 6.92 Å². The minimum absolute atomic E-state index is 0.665. The van der Waals surface area contributed by atoms with Crippen molar-refractivity contribution in [2.45, 2.75) is 19.8 Å². The van der Waals surface area contributed by atoms with Crippen molar-refractivity contribution in [3.05, 3.63) is 0 Å². The van der Waals surface area contributed by atoms with Gasteiger partial charge >= 0.3 is 0 Å². The largest absolute Gasteiger partial charge is 0.384 e. The molecule has 9 heavy (non-hydrogen) atoms. The van der Waals surface area contributed by atoms with Crippen LogP contribution in [0.1, 0.15) is 19.8 Å². The zero-order chi connectivity index (χ0) is 7.11. The van der Waals surface area contributed by atoms with Crippen LogP contribution >= 0.6 is 0 Å². The molecule has 1 atom stereocenters. The van der Waals surface area contributed by atoms with Crippen LogP contribution in [-0.4, -0.2) is 20.3 Å². The van der Waals surface area contributed by atoms with Crippen molar-refractivity contribution >= 4 is 0 Å². The van der Waals surface area contributed by atoms with Crippen LogP contribution < -0.4 is 5.73 Å². The predicted molar refractivity (Wildman–Crippen MR) is 39.3 cm³/mol. The minimum atomic E-state index is 0.665. The Morgan fingerprint density at radius 2 is 2.22 bits per heavy atom. The highest BCUT2D eigenvalue weighted by atomic mass is 16.5. The Labute approximate surface area is 57.4 Å². The van der Waals surface area contributed by atoms with Gasteiger partial charge in [-0.2, -0.15) is 0 Å². The van der Waals surface area contributed by atoms with Gasteiger partial charge < -0.3 is 10.5 Å². The van der Waals surface area contributed by atoms with Gasteiger partial charge in [-0.25, -0.2) is 0 Å². The van der Waals surface area contributed by atoms with Crippen molar-refractivity contribution in [2.24, 2.45) is 11.7 Å².